The highest BCUT2D eigenvalue weighted by Crippen LogP contribution is 2.39. The van der Waals surface area contributed by atoms with Crippen LogP contribution in [0, 0.1) is 5.92 Å². The zero-order valence-electron chi connectivity index (χ0n) is 15.8. The molecule has 5 nitrogen and oxygen atoms in total. The van der Waals surface area contributed by atoms with Crippen molar-refractivity contribution in [1.82, 2.24) is 4.90 Å². The third-order valence-corrected chi connectivity index (χ3v) is 6.10. The Bertz CT molecular complexity index is 615. The van der Waals surface area contributed by atoms with Crippen LogP contribution in [-0.2, 0) is 10.3 Å². The van der Waals surface area contributed by atoms with Crippen molar-refractivity contribution >= 4 is 11.6 Å². The lowest BCUT2D eigenvalue weighted by Gasteiger charge is -2.44. The molecular formula is C20H31N3O2. The van der Waals surface area contributed by atoms with Gasteiger partial charge in [-0.1, -0.05) is 13.0 Å². The van der Waals surface area contributed by atoms with Gasteiger partial charge in [0.25, 0.3) is 5.91 Å². The van der Waals surface area contributed by atoms with Crippen LogP contribution in [0.4, 0.5) is 5.69 Å². The molecule has 0 aromatic heterocycles. The Hall–Kier alpha value is -1.59. The van der Waals surface area contributed by atoms with E-state index in [4.69, 9.17) is 10.5 Å². The van der Waals surface area contributed by atoms with E-state index < -0.39 is 0 Å². The molecule has 2 saturated heterocycles. The van der Waals surface area contributed by atoms with Gasteiger partial charge in [0.15, 0.2) is 0 Å². The number of hydrogen-bond donors (Lipinski definition) is 1. The smallest absolute Gasteiger partial charge is 0.250 e. The van der Waals surface area contributed by atoms with Gasteiger partial charge in [-0.15, -0.1) is 0 Å². The molecule has 2 fully saturated rings. The van der Waals surface area contributed by atoms with Gasteiger partial charge in [-0.05, 0) is 63.4 Å². The van der Waals surface area contributed by atoms with Gasteiger partial charge in [0.05, 0.1) is 5.56 Å². The lowest BCUT2D eigenvalue weighted by molar-refractivity contribution is -0.0105. The van der Waals surface area contributed by atoms with Crippen molar-refractivity contribution in [3.63, 3.8) is 0 Å². The highest BCUT2D eigenvalue weighted by molar-refractivity contribution is 5.98. The highest BCUT2D eigenvalue weighted by atomic mass is 16.5. The molecule has 0 spiro atoms. The van der Waals surface area contributed by atoms with Crippen LogP contribution < -0.4 is 10.6 Å². The van der Waals surface area contributed by atoms with E-state index in [1.165, 1.54) is 5.56 Å². The van der Waals surface area contributed by atoms with Gasteiger partial charge in [-0.25, -0.2) is 0 Å². The maximum Gasteiger partial charge on any atom is 0.250 e. The third-order valence-electron chi connectivity index (χ3n) is 6.10. The van der Waals surface area contributed by atoms with Crippen molar-refractivity contribution in [1.29, 1.82) is 0 Å². The molecule has 0 aliphatic carbocycles. The van der Waals surface area contributed by atoms with Crippen molar-refractivity contribution in [2.24, 2.45) is 11.7 Å². The SMILES string of the molecule is CC1CCN(c2cc(C3(N(C)C)CCOCC3)ccc2C(N)=O)CC1. The minimum absolute atomic E-state index is 0.0355. The van der Waals surface area contributed by atoms with E-state index in [0.717, 1.165) is 63.6 Å². The molecular weight excluding hydrogens is 314 g/mol. The number of ether oxygens (including phenoxy) is 1. The standard InChI is InChI=1S/C20H31N3O2/c1-15-6-10-23(11-7-15)18-14-16(4-5-17(18)19(21)24)20(22(2)3)8-12-25-13-9-20/h4-5,14-15H,6-13H2,1-3H3,(H2,21,24). The average molecular weight is 345 g/mol. The summed E-state index contributed by atoms with van der Waals surface area (Å²) in [6.07, 6.45) is 4.25. The molecule has 2 N–H and O–H groups in total. The lowest BCUT2D eigenvalue weighted by Crippen LogP contribution is -2.46. The summed E-state index contributed by atoms with van der Waals surface area (Å²) in [5.74, 6) is 0.408. The minimum atomic E-state index is -0.342. The second kappa shape index (κ2) is 7.34. The maximum atomic E-state index is 12.0. The van der Waals surface area contributed by atoms with Gasteiger partial charge < -0.3 is 15.4 Å². The number of anilines is 1. The Morgan fingerprint density at radius 3 is 2.44 bits per heavy atom. The topological polar surface area (TPSA) is 58.8 Å². The van der Waals surface area contributed by atoms with Crippen molar-refractivity contribution < 1.29 is 9.53 Å². The first kappa shape index (κ1) is 18.2. The normalized spacial score (nSPS) is 21.5. The van der Waals surface area contributed by atoms with Gasteiger partial charge in [0, 0.05) is 37.5 Å². The molecule has 2 aliphatic heterocycles. The number of piperidine rings is 1. The van der Waals surface area contributed by atoms with Crippen molar-refractivity contribution in [3.8, 4) is 0 Å². The quantitative estimate of drug-likeness (QED) is 0.911. The number of primary amides is 1. The summed E-state index contributed by atoms with van der Waals surface area (Å²) in [5.41, 5.74) is 8.54. The van der Waals surface area contributed by atoms with E-state index in [2.05, 4.69) is 43.0 Å². The number of hydrogen-bond acceptors (Lipinski definition) is 4. The second-order valence-electron chi connectivity index (χ2n) is 7.80. The molecule has 1 amide bonds. The molecule has 138 valence electrons. The molecule has 25 heavy (non-hydrogen) atoms. The van der Waals surface area contributed by atoms with Gasteiger partial charge in [0.1, 0.15) is 0 Å². The van der Waals surface area contributed by atoms with Gasteiger partial charge >= 0.3 is 0 Å². The maximum absolute atomic E-state index is 12.0. The fourth-order valence-corrected chi connectivity index (χ4v) is 4.24. The number of rotatable bonds is 4. The highest BCUT2D eigenvalue weighted by Gasteiger charge is 2.37. The Labute approximate surface area is 151 Å². The van der Waals surface area contributed by atoms with Crippen molar-refractivity contribution in [2.45, 2.75) is 38.1 Å². The predicted molar refractivity (Wildman–Crippen MR) is 101 cm³/mol. The van der Waals surface area contributed by atoms with Crippen LogP contribution in [0.1, 0.15) is 48.5 Å². The first-order chi connectivity index (χ1) is 11.9. The van der Waals surface area contributed by atoms with Crippen LogP contribution in [0.3, 0.4) is 0 Å². The summed E-state index contributed by atoms with van der Waals surface area (Å²) in [7, 11) is 4.27. The van der Waals surface area contributed by atoms with Crippen LogP contribution in [0.25, 0.3) is 0 Å². The monoisotopic (exact) mass is 345 g/mol. The van der Waals surface area contributed by atoms with Gasteiger partial charge in [0.2, 0.25) is 0 Å². The Morgan fingerprint density at radius 1 is 1.24 bits per heavy atom. The summed E-state index contributed by atoms with van der Waals surface area (Å²) in [5, 5.41) is 0. The van der Waals surface area contributed by atoms with E-state index in [1.807, 2.05) is 6.07 Å². The van der Waals surface area contributed by atoms with E-state index >= 15 is 0 Å². The number of carbonyl (C=O) groups excluding carboxylic acids is 1. The molecule has 2 aliphatic rings. The number of nitrogens with two attached hydrogens (primary N) is 1. The summed E-state index contributed by atoms with van der Waals surface area (Å²) in [4.78, 5) is 16.6. The zero-order chi connectivity index (χ0) is 18.0. The molecule has 1 aromatic carbocycles. The van der Waals surface area contributed by atoms with Crippen LogP contribution >= 0.6 is 0 Å². The average Bonchev–Trinajstić information content (AvgIpc) is 2.62. The van der Waals surface area contributed by atoms with Crippen molar-refractivity contribution in [2.75, 3.05) is 45.3 Å². The fraction of sp³-hybridized carbons (Fsp3) is 0.650. The van der Waals surface area contributed by atoms with Gasteiger partial charge in [-0.3, -0.25) is 9.69 Å². The molecule has 5 heteroatoms. The Morgan fingerprint density at radius 2 is 1.88 bits per heavy atom. The Balaban J connectivity index is 2.01. The number of amides is 1. The molecule has 0 radical (unpaired) electrons. The molecule has 2 heterocycles. The van der Waals surface area contributed by atoms with E-state index in [0.29, 0.717) is 5.56 Å². The first-order valence-corrected chi connectivity index (χ1v) is 9.38. The molecule has 0 atom stereocenters. The third kappa shape index (κ3) is 3.53. The molecule has 1 aromatic rings. The van der Waals surface area contributed by atoms with E-state index in [1.54, 1.807) is 0 Å². The molecule has 3 rings (SSSR count). The summed E-state index contributed by atoms with van der Waals surface area (Å²) in [6.45, 7) is 5.82. The van der Waals surface area contributed by atoms with E-state index in [-0.39, 0.29) is 11.4 Å². The molecule has 0 saturated carbocycles. The number of benzene rings is 1. The van der Waals surface area contributed by atoms with Crippen LogP contribution in [0.15, 0.2) is 18.2 Å². The van der Waals surface area contributed by atoms with E-state index in [9.17, 15) is 4.79 Å². The molecule has 0 unspecified atom stereocenters. The minimum Gasteiger partial charge on any atom is -0.381 e. The van der Waals surface area contributed by atoms with Crippen LogP contribution in [0.5, 0.6) is 0 Å². The zero-order valence-corrected chi connectivity index (χ0v) is 15.8. The second-order valence-corrected chi connectivity index (χ2v) is 7.80. The largest absolute Gasteiger partial charge is 0.381 e. The summed E-state index contributed by atoms with van der Waals surface area (Å²) < 4.78 is 5.61. The fourth-order valence-electron chi connectivity index (χ4n) is 4.24. The van der Waals surface area contributed by atoms with Gasteiger partial charge in [-0.2, -0.15) is 0 Å². The van der Waals surface area contributed by atoms with Crippen molar-refractivity contribution in [3.05, 3.63) is 29.3 Å². The predicted octanol–water partition coefficient (Wildman–Crippen LogP) is 2.59. The summed E-state index contributed by atoms with van der Waals surface area (Å²) in [6, 6.07) is 6.22. The summed E-state index contributed by atoms with van der Waals surface area (Å²) >= 11 is 0. The van der Waals surface area contributed by atoms with Crippen LogP contribution in [-0.4, -0.2) is 51.2 Å². The first-order valence-electron chi connectivity index (χ1n) is 9.38. The van der Waals surface area contributed by atoms with Crippen LogP contribution in [0.2, 0.25) is 0 Å². The Kier molecular flexibility index (Phi) is 5.35. The molecule has 0 bridgehead atoms. The lowest BCUT2D eigenvalue weighted by atomic mass is 9.80. The number of nitrogens with zero attached hydrogens (tertiary/aromatic N) is 2. The number of carbonyl (C=O) groups is 1.